The fourth-order valence-corrected chi connectivity index (χ4v) is 1.33. The lowest BCUT2D eigenvalue weighted by Crippen LogP contribution is -2.46. The standard InChI is InChI=1S/C8H11N4/c1-6-11(2)7-4-3-5-10-8(7)12(6)9/h3-5H,9H2,1-2H3/q+1. The number of rotatable bonds is 0. The van der Waals surface area contributed by atoms with E-state index < -0.39 is 0 Å². The van der Waals surface area contributed by atoms with Gasteiger partial charge in [-0.1, -0.05) is 0 Å². The van der Waals surface area contributed by atoms with Crippen LogP contribution in [0.3, 0.4) is 0 Å². The van der Waals surface area contributed by atoms with Crippen LogP contribution in [0, 0.1) is 6.92 Å². The highest BCUT2D eigenvalue weighted by Crippen LogP contribution is 2.07. The highest BCUT2D eigenvalue weighted by molar-refractivity contribution is 5.67. The van der Waals surface area contributed by atoms with Crippen LogP contribution in [0.1, 0.15) is 5.82 Å². The first-order valence-corrected chi connectivity index (χ1v) is 3.79. The summed E-state index contributed by atoms with van der Waals surface area (Å²) in [7, 11) is 1.97. The van der Waals surface area contributed by atoms with E-state index >= 15 is 0 Å². The smallest absolute Gasteiger partial charge is 0.289 e. The van der Waals surface area contributed by atoms with E-state index in [2.05, 4.69) is 4.98 Å². The van der Waals surface area contributed by atoms with Crippen LogP contribution in [0.2, 0.25) is 0 Å². The Bertz CT molecular complexity index is 391. The van der Waals surface area contributed by atoms with Crippen LogP contribution in [0.4, 0.5) is 0 Å². The van der Waals surface area contributed by atoms with Gasteiger partial charge in [0.15, 0.2) is 5.52 Å². The monoisotopic (exact) mass is 163 g/mol. The van der Waals surface area contributed by atoms with Crippen LogP contribution in [0.15, 0.2) is 18.3 Å². The number of nitrogen functional groups attached to an aromatic ring is 1. The quantitative estimate of drug-likeness (QED) is 0.435. The van der Waals surface area contributed by atoms with Gasteiger partial charge < -0.3 is 0 Å². The molecule has 2 rings (SSSR count). The first-order valence-electron chi connectivity index (χ1n) is 3.79. The number of nitrogens with two attached hydrogens (primary N) is 1. The average Bonchev–Trinajstić information content (AvgIpc) is 2.33. The second kappa shape index (κ2) is 2.20. The van der Waals surface area contributed by atoms with E-state index in [1.807, 2.05) is 30.7 Å². The molecule has 2 aromatic rings. The van der Waals surface area contributed by atoms with Crippen LogP contribution in [0.5, 0.6) is 0 Å². The summed E-state index contributed by atoms with van der Waals surface area (Å²) in [6.07, 6.45) is 1.74. The summed E-state index contributed by atoms with van der Waals surface area (Å²) in [6.45, 7) is 1.96. The number of aromatic nitrogens is 3. The van der Waals surface area contributed by atoms with Crippen molar-refractivity contribution >= 4 is 11.2 Å². The SMILES string of the molecule is Cc1n(C)c2cccnc2[n+]1N. The van der Waals surface area contributed by atoms with Gasteiger partial charge in [0.25, 0.3) is 0 Å². The zero-order chi connectivity index (χ0) is 8.72. The molecule has 0 fully saturated rings. The van der Waals surface area contributed by atoms with Crippen molar-refractivity contribution in [1.82, 2.24) is 9.55 Å². The minimum absolute atomic E-state index is 0.817. The summed E-state index contributed by atoms with van der Waals surface area (Å²) >= 11 is 0. The molecule has 12 heavy (non-hydrogen) atoms. The Morgan fingerprint density at radius 3 is 3.00 bits per heavy atom. The predicted molar refractivity (Wildman–Crippen MR) is 45.8 cm³/mol. The van der Waals surface area contributed by atoms with Crippen molar-refractivity contribution in [3.8, 4) is 0 Å². The first kappa shape index (κ1) is 7.09. The van der Waals surface area contributed by atoms with Crippen LogP contribution in [-0.4, -0.2) is 9.55 Å². The summed E-state index contributed by atoms with van der Waals surface area (Å²) in [5.74, 6) is 6.76. The van der Waals surface area contributed by atoms with Crippen molar-refractivity contribution in [3.05, 3.63) is 24.2 Å². The maximum Gasteiger partial charge on any atom is 0.323 e. The number of aryl methyl sites for hydroxylation is 1. The Morgan fingerprint density at radius 2 is 2.33 bits per heavy atom. The van der Waals surface area contributed by atoms with Gasteiger partial charge in [-0.25, -0.2) is 0 Å². The minimum atomic E-state index is 0.817. The van der Waals surface area contributed by atoms with E-state index in [0.29, 0.717) is 0 Å². The molecule has 2 aromatic heterocycles. The minimum Gasteiger partial charge on any atom is -0.289 e. The molecule has 62 valence electrons. The molecule has 0 aliphatic carbocycles. The second-order valence-corrected chi connectivity index (χ2v) is 2.82. The number of imidazole rings is 1. The summed E-state index contributed by atoms with van der Waals surface area (Å²) < 4.78 is 3.61. The molecule has 0 aliphatic rings. The van der Waals surface area contributed by atoms with Gasteiger partial charge in [0.2, 0.25) is 5.82 Å². The van der Waals surface area contributed by atoms with Gasteiger partial charge in [-0.05, 0) is 12.1 Å². The fourth-order valence-electron chi connectivity index (χ4n) is 1.33. The van der Waals surface area contributed by atoms with Crippen LogP contribution < -0.4 is 10.5 Å². The molecule has 2 N–H and O–H groups in total. The van der Waals surface area contributed by atoms with Crippen molar-refractivity contribution in [1.29, 1.82) is 0 Å². The summed E-state index contributed by atoms with van der Waals surface area (Å²) in [6, 6.07) is 3.90. The van der Waals surface area contributed by atoms with Crippen LogP contribution in [-0.2, 0) is 7.05 Å². The highest BCUT2D eigenvalue weighted by Gasteiger charge is 2.15. The van der Waals surface area contributed by atoms with Crippen molar-refractivity contribution in [2.75, 3.05) is 5.84 Å². The lowest BCUT2D eigenvalue weighted by molar-refractivity contribution is -0.621. The van der Waals surface area contributed by atoms with E-state index in [1.54, 1.807) is 10.9 Å². The molecule has 0 saturated carbocycles. The molecule has 0 unspecified atom stereocenters. The van der Waals surface area contributed by atoms with E-state index in [1.165, 1.54) is 0 Å². The van der Waals surface area contributed by atoms with E-state index in [-0.39, 0.29) is 0 Å². The number of nitrogens with zero attached hydrogens (tertiary/aromatic N) is 3. The molecule has 0 radical (unpaired) electrons. The molecular weight excluding hydrogens is 152 g/mol. The van der Waals surface area contributed by atoms with E-state index in [4.69, 9.17) is 5.84 Å². The Labute approximate surface area is 70.2 Å². The Balaban J connectivity index is 2.99. The molecule has 0 aromatic carbocycles. The van der Waals surface area contributed by atoms with Crippen molar-refractivity contribution in [2.24, 2.45) is 7.05 Å². The molecule has 4 nitrogen and oxygen atoms in total. The Hall–Kier alpha value is -1.58. The van der Waals surface area contributed by atoms with E-state index in [0.717, 1.165) is 17.0 Å². The summed E-state index contributed by atoms with van der Waals surface area (Å²) in [5.41, 5.74) is 1.87. The molecule has 0 atom stereocenters. The molecule has 0 bridgehead atoms. The van der Waals surface area contributed by atoms with Gasteiger partial charge in [-0.2, -0.15) is 0 Å². The number of hydrogen-bond donors (Lipinski definition) is 1. The van der Waals surface area contributed by atoms with Crippen molar-refractivity contribution in [3.63, 3.8) is 0 Å². The van der Waals surface area contributed by atoms with Gasteiger partial charge in [0.1, 0.15) is 6.20 Å². The number of fused-ring (bicyclic) bond motifs is 1. The van der Waals surface area contributed by atoms with Crippen molar-refractivity contribution < 1.29 is 4.68 Å². The largest absolute Gasteiger partial charge is 0.323 e. The first-order chi connectivity index (χ1) is 5.72. The van der Waals surface area contributed by atoms with Gasteiger partial charge in [0.05, 0.1) is 7.05 Å². The van der Waals surface area contributed by atoms with E-state index in [9.17, 15) is 0 Å². The van der Waals surface area contributed by atoms with Gasteiger partial charge in [-0.3, -0.25) is 10.4 Å². The number of hydrogen-bond acceptors (Lipinski definition) is 2. The maximum atomic E-state index is 5.77. The molecule has 0 aliphatic heterocycles. The molecule has 4 heteroatoms. The van der Waals surface area contributed by atoms with Gasteiger partial charge in [0, 0.05) is 6.92 Å². The van der Waals surface area contributed by atoms with Crippen molar-refractivity contribution in [2.45, 2.75) is 6.92 Å². The molecule has 0 amide bonds. The molecule has 0 saturated heterocycles. The fraction of sp³-hybridized carbons (Fsp3) is 0.250. The maximum absolute atomic E-state index is 5.77. The Morgan fingerprint density at radius 1 is 1.58 bits per heavy atom. The van der Waals surface area contributed by atoms with Gasteiger partial charge >= 0.3 is 5.65 Å². The average molecular weight is 163 g/mol. The van der Waals surface area contributed by atoms with Crippen LogP contribution in [0.25, 0.3) is 11.2 Å². The lowest BCUT2D eigenvalue weighted by atomic mass is 10.4. The highest BCUT2D eigenvalue weighted by atomic mass is 15.4. The molecule has 0 spiro atoms. The molecule has 2 heterocycles. The zero-order valence-electron chi connectivity index (χ0n) is 7.15. The third kappa shape index (κ3) is 0.717. The Kier molecular flexibility index (Phi) is 1.30. The van der Waals surface area contributed by atoms with Crippen LogP contribution >= 0.6 is 0 Å². The molecular formula is C8H11N4+. The second-order valence-electron chi connectivity index (χ2n) is 2.82. The zero-order valence-corrected chi connectivity index (χ0v) is 7.15. The predicted octanol–water partition coefficient (Wildman–Crippen LogP) is -0.117. The topological polar surface area (TPSA) is 47.7 Å². The summed E-state index contributed by atoms with van der Waals surface area (Å²) in [4.78, 5) is 4.18. The third-order valence-corrected chi connectivity index (χ3v) is 2.19. The lowest BCUT2D eigenvalue weighted by Gasteiger charge is -1.88. The third-order valence-electron chi connectivity index (χ3n) is 2.19. The van der Waals surface area contributed by atoms with Gasteiger partial charge in [-0.15, -0.1) is 9.66 Å². The summed E-state index contributed by atoms with van der Waals surface area (Å²) in [5, 5.41) is 0. The number of pyridine rings is 1. The normalized spacial score (nSPS) is 10.8.